The Morgan fingerprint density at radius 2 is 2.07 bits per heavy atom. The molecule has 6 heteroatoms. The molecule has 1 aliphatic rings. The molecule has 2 heterocycles. The van der Waals surface area contributed by atoms with E-state index >= 15 is 0 Å². The highest BCUT2D eigenvalue weighted by molar-refractivity contribution is 9.10. The van der Waals surface area contributed by atoms with Crippen LogP contribution in [-0.4, -0.2) is 34.8 Å². The molecule has 2 N–H and O–H groups in total. The Hall–Kier alpha value is -2.60. The maximum Gasteiger partial charge on any atom is 0.225 e. The average Bonchev–Trinajstić information content (AvgIpc) is 3.26. The van der Waals surface area contributed by atoms with E-state index < -0.39 is 0 Å². The van der Waals surface area contributed by atoms with Crippen LogP contribution in [-0.2, 0) is 22.6 Å². The van der Waals surface area contributed by atoms with Gasteiger partial charge in [0.15, 0.2) is 0 Å². The second kappa shape index (κ2) is 8.19. The van der Waals surface area contributed by atoms with Gasteiger partial charge in [0.05, 0.1) is 5.92 Å². The first kappa shape index (κ1) is 18.7. The number of aromatic nitrogens is 1. The quantitative estimate of drug-likeness (QED) is 0.615. The van der Waals surface area contributed by atoms with Crippen molar-refractivity contribution in [2.75, 3.05) is 13.1 Å². The van der Waals surface area contributed by atoms with Crippen molar-refractivity contribution in [3.8, 4) is 0 Å². The molecule has 28 heavy (non-hydrogen) atoms. The van der Waals surface area contributed by atoms with Gasteiger partial charge in [-0.15, -0.1) is 0 Å². The summed E-state index contributed by atoms with van der Waals surface area (Å²) in [7, 11) is 0. The van der Waals surface area contributed by atoms with Crippen LogP contribution in [0.3, 0.4) is 0 Å². The largest absolute Gasteiger partial charge is 0.361 e. The Bertz CT molecular complexity index is 1010. The number of likely N-dealkylation sites (tertiary alicyclic amines) is 1. The third-order valence-corrected chi connectivity index (χ3v) is 5.71. The number of halogens is 1. The van der Waals surface area contributed by atoms with Crippen molar-refractivity contribution in [3.63, 3.8) is 0 Å². The van der Waals surface area contributed by atoms with Gasteiger partial charge >= 0.3 is 0 Å². The van der Waals surface area contributed by atoms with Crippen LogP contribution in [0, 0.1) is 5.92 Å². The number of H-pyrrole nitrogens is 1. The molecule has 0 spiro atoms. The Balaban J connectivity index is 1.30. The van der Waals surface area contributed by atoms with Gasteiger partial charge in [-0.25, -0.2) is 0 Å². The summed E-state index contributed by atoms with van der Waals surface area (Å²) < 4.78 is 0.989. The molecule has 1 aromatic heterocycles. The molecule has 5 nitrogen and oxygen atoms in total. The summed E-state index contributed by atoms with van der Waals surface area (Å²) in [5, 5.41) is 4.19. The van der Waals surface area contributed by atoms with Crippen molar-refractivity contribution in [2.24, 2.45) is 5.92 Å². The lowest BCUT2D eigenvalue weighted by molar-refractivity contribution is -0.129. The lowest BCUT2D eigenvalue weighted by Crippen LogP contribution is -2.34. The lowest BCUT2D eigenvalue weighted by atomic mass is 10.1. The zero-order valence-electron chi connectivity index (χ0n) is 15.5. The minimum absolute atomic E-state index is 0.0371. The number of hydrogen-bond acceptors (Lipinski definition) is 2. The number of fused-ring (bicyclic) bond motifs is 1. The van der Waals surface area contributed by atoms with Crippen LogP contribution in [0.5, 0.6) is 0 Å². The van der Waals surface area contributed by atoms with E-state index in [0.717, 1.165) is 22.0 Å². The molecular formula is C22H22BrN3O2. The normalized spacial score (nSPS) is 16.7. The van der Waals surface area contributed by atoms with Gasteiger partial charge in [-0.3, -0.25) is 9.59 Å². The standard InChI is InChI=1S/C22H22BrN3O2/c23-18-5-3-4-15(10-18)13-26-14-17(11-21(26)27)22(28)24-9-8-16-12-25-20-7-2-1-6-19(16)20/h1-7,10,12,17,25H,8-9,11,13-14H2,(H,24,28). The van der Waals surface area contributed by atoms with E-state index in [9.17, 15) is 9.59 Å². The van der Waals surface area contributed by atoms with E-state index in [-0.39, 0.29) is 24.2 Å². The minimum atomic E-state index is -0.275. The fourth-order valence-electron chi connectivity index (χ4n) is 3.76. The van der Waals surface area contributed by atoms with Gasteiger partial charge in [0.25, 0.3) is 0 Å². The maximum atomic E-state index is 12.5. The number of benzene rings is 2. The van der Waals surface area contributed by atoms with Crippen molar-refractivity contribution in [3.05, 3.63) is 70.3 Å². The van der Waals surface area contributed by atoms with Gasteiger partial charge in [-0.05, 0) is 35.7 Å². The van der Waals surface area contributed by atoms with E-state index in [1.54, 1.807) is 4.90 Å². The predicted octanol–water partition coefficient (Wildman–Crippen LogP) is 3.64. The Labute approximate surface area is 172 Å². The Morgan fingerprint density at radius 1 is 1.21 bits per heavy atom. The smallest absolute Gasteiger partial charge is 0.225 e. The van der Waals surface area contributed by atoms with Crippen LogP contribution < -0.4 is 5.32 Å². The second-order valence-electron chi connectivity index (χ2n) is 7.21. The molecule has 1 unspecified atom stereocenters. The molecule has 1 aliphatic heterocycles. The zero-order chi connectivity index (χ0) is 19.5. The molecule has 0 aliphatic carbocycles. The van der Waals surface area contributed by atoms with E-state index in [1.165, 1.54) is 10.9 Å². The van der Waals surface area contributed by atoms with Crippen molar-refractivity contribution in [1.29, 1.82) is 0 Å². The highest BCUT2D eigenvalue weighted by Crippen LogP contribution is 2.22. The van der Waals surface area contributed by atoms with Crippen LogP contribution in [0.15, 0.2) is 59.2 Å². The minimum Gasteiger partial charge on any atom is -0.361 e. The third-order valence-electron chi connectivity index (χ3n) is 5.22. The monoisotopic (exact) mass is 439 g/mol. The predicted molar refractivity (Wildman–Crippen MR) is 113 cm³/mol. The van der Waals surface area contributed by atoms with Crippen LogP contribution in [0.1, 0.15) is 17.5 Å². The number of aromatic amines is 1. The number of carbonyl (C=O) groups is 2. The molecule has 1 fully saturated rings. The Kier molecular flexibility index (Phi) is 5.48. The summed E-state index contributed by atoms with van der Waals surface area (Å²) in [6.07, 6.45) is 3.04. The molecule has 1 saturated heterocycles. The first-order valence-electron chi connectivity index (χ1n) is 9.45. The fraction of sp³-hybridized carbons (Fsp3) is 0.273. The zero-order valence-corrected chi connectivity index (χ0v) is 17.0. The summed E-state index contributed by atoms with van der Waals surface area (Å²) in [6.45, 7) is 1.58. The molecule has 3 aromatic rings. The molecule has 0 radical (unpaired) electrons. The summed E-state index contributed by atoms with van der Waals surface area (Å²) in [5.74, 6) is -0.274. The number of nitrogens with one attached hydrogen (secondary N) is 2. The highest BCUT2D eigenvalue weighted by atomic mass is 79.9. The second-order valence-corrected chi connectivity index (χ2v) is 8.12. The molecule has 2 amide bonds. The molecule has 0 saturated carbocycles. The molecular weight excluding hydrogens is 418 g/mol. The maximum absolute atomic E-state index is 12.5. The number of amides is 2. The van der Waals surface area contributed by atoms with Gasteiger partial charge in [-0.2, -0.15) is 0 Å². The fourth-order valence-corrected chi connectivity index (χ4v) is 4.21. The number of carbonyl (C=O) groups excluding carboxylic acids is 2. The lowest BCUT2D eigenvalue weighted by Gasteiger charge is -2.17. The first-order chi connectivity index (χ1) is 13.6. The van der Waals surface area contributed by atoms with Crippen molar-refractivity contribution < 1.29 is 9.59 Å². The van der Waals surface area contributed by atoms with Gasteiger partial charge in [-0.1, -0.05) is 46.3 Å². The summed E-state index contributed by atoms with van der Waals surface area (Å²) in [5.41, 5.74) is 3.35. The Morgan fingerprint density at radius 3 is 2.93 bits per heavy atom. The van der Waals surface area contributed by atoms with Gasteiger partial charge in [0.1, 0.15) is 0 Å². The summed E-state index contributed by atoms with van der Waals surface area (Å²) in [4.78, 5) is 29.9. The van der Waals surface area contributed by atoms with Crippen molar-refractivity contribution >= 4 is 38.6 Å². The van der Waals surface area contributed by atoms with Crippen LogP contribution in [0.25, 0.3) is 10.9 Å². The summed E-state index contributed by atoms with van der Waals surface area (Å²) >= 11 is 3.45. The first-order valence-corrected chi connectivity index (χ1v) is 10.2. The van der Waals surface area contributed by atoms with E-state index in [4.69, 9.17) is 0 Å². The van der Waals surface area contributed by atoms with Crippen LogP contribution in [0.2, 0.25) is 0 Å². The van der Waals surface area contributed by atoms with E-state index in [2.05, 4.69) is 32.3 Å². The molecule has 2 aromatic carbocycles. The topological polar surface area (TPSA) is 65.2 Å². The van der Waals surface area contributed by atoms with Crippen molar-refractivity contribution in [1.82, 2.24) is 15.2 Å². The highest BCUT2D eigenvalue weighted by Gasteiger charge is 2.34. The average molecular weight is 440 g/mol. The van der Waals surface area contributed by atoms with Gasteiger partial charge < -0.3 is 15.2 Å². The number of para-hydroxylation sites is 1. The molecule has 144 valence electrons. The van der Waals surface area contributed by atoms with E-state index in [0.29, 0.717) is 19.6 Å². The molecule has 0 bridgehead atoms. The SMILES string of the molecule is O=C(NCCc1c[nH]c2ccccc12)C1CC(=O)N(Cc2cccc(Br)c2)C1. The number of hydrogen-bond donors (Lipinski definition) is 2. The molecule has 1 atom stereocenters. The third kappa shape index (κ3) is 4.12. The van der Waals surface area contributed by atoms with Crippen LogP contribution >= 0.6 is 15.9 Å². The number of nitrogens with zero attached hydrogens (tertiary/aromatic N) is 1. The van der Waals surface area contributed by atoms with Crippen molar-refractivity contribution in [2.45, 2.75) is 19.4 Å². The van der Waals surface area contributed by atoms with Crippen LogP contribution in [0.4, 0.5) is 0 Å². The van der Waals surface area contributed by atoms with Gasteiger partial charge in [0, 0.05) is 47.6 Å². The number of rotatable bonds is 6. The molecule has 4 rings (SSSR count). The van der Waals surface area contributed by atoms with E-state index in [1.807, 2.05) is 48.7 Å². The van der Waals surface area contributed by atoms with Gasteiger partial charge in [0.2, 0.25) is 11.8 Å². The summed E-state index contributed by atoms with van der Waals surface area (Å²) in [6, 6.07) is 16.0.